The summed E-state index contributed by atoms with van der Waals surface area (Å²) in [6.07, 6.45) is 0. The van der Waals surface area contributed by atoms with Gasteiger partial charge in [-0.1, -0.05) is 0 Å². The van der Waals surface area contributed by atoms with Crippen LogP contribution in [-0.4, -0.2) is 22.4 Å². The fourth-order valence-electron chi connectivity index (χ4n) is 2.17. The fraction of sp³-hybridized carbons (Fsp3) is 0.294. The van der Waals surface area contributed by atoms with Crippen molar-refractivity contribution in [1.82, 2.24) is 15.3 Å². The van der Waals surface area contributed by atoms with E-state index in [2.05, 4.69) is 20.6 Å². The molecule has 0 spiro atoms. The lowest BCUT2D eigenvalue weighted by atomic mass is 10.0. The molecule has 2 rings (SSSR count). The number of carbonyl (C=O) groups excluding carboxylic acids is 1. The molecule has 0 bridgehead atoms. The van der Waals surface area contributed by atoms with Crippen LogP contribution in [0.3, 0.4) is 0 Å². The molecule has 1 aromatic heterocycles. The van der Waals surface area contributed by atoms with Gasteiger partial charge in [0, 0.05) is 17.4 Å². The van der Waals surface area contributed by atoms with Gasteiger partial charge in [0.15, 0.2) is 0 Å². The molecule has 0 unspecified atom stereocenters. The number of H-pyrrole nitrogens is 1. The van der Waals surface area contributed by atoms with E-state index in [1.54, 1.807) is 45.0 Å². The Labute approximate surface area is 139 Å². The second-order valence-corrected chi connectivity index (χ2v) is 5.95. The SMILES string of the molecule is Cc1cc(=O)[nH]c(C(C)(C)NC(=O)CNc2ccc(C#N)cc2)n1. The molecule has 1 aromatic carbocycles. The maximum atomic E-state index is 12.2. The maximum absolute atomic E-state index is 12.2. The van der Waals surface area contributed by atoms with Crippen LogP contribution in [0.15, 0.2) is 35.1 Å². The van der Waals surface area contributed by atoms with E-state index in [-0.39, 0.29) is 18.0 Å². The summed E-state index contributed by atoms with van der Waals surface area (Å²) >= 11 is 0. The van der Waals surface area contributed by atoms with Gasteiger partial charge in [0.1, 0.15) is 5.82 Å². The van der Waals surface area contributed by atoms with Crippen molar-refractivity contribution in [3.8, 4) is 6.07 Å². The summed E-state index contributed by atoms with van der Waals surface area (Å²) in [5.41, 5.74) is 0.821. The first-order valence-electron chi connectivity index (χ1n) is 7.43. The number of amides is 1. The third kappa shape index (κ3) is 4.43. The Morgan fingerprint density at radius 1 is 1.33 bits per heavy atom. The van der Waals surface area contributed by atoms with Crippen molar-refractivity contribution in [3.63, 3.8) is 0 Å². The van der Waals surface area contributed by atoms with Crippen LogP contribution in [0.1, 0.15) is 30.9 Å². The zero-order valence-corrected chi connectivity index (χ0v) is 13.8. The summed E-state index contributed by atoms with van der Waals surface area (Å²) in [4.78, 5) is 30.6. The number of nitriles is 1. The Morgan fingerprint density at radius 2 is 2.00 bits per heavy atom. The number of hydrogen-bond acceptors (Lipinski definition) is 5. The molecule has 7 heteroatoms. The molecular formula is C17H19N5O2. The molecule has 0 radical (unpaired) electrons. The van der Waals surface area contributed by atoms with Crippen LogP contribution >= 0.6 is 0 Å². The quantitative estimate of drug-likeness (QED) is 0.770. The molecule has 0 fully saturated rings. The molecule has 0 saturated heterocycles. The van der Waals surface area contributed by atoms with Gasteiger partial charge in [0.25, 0.3) is 5.56 Å². The highest BCUT2D eigenvalue weighted by Gasteiger charge is 2.25. The molecule has 1 amide bonds. The monoisotopic (exact) mass is 325 g/mol. The molecule has 1 heterocycles. The number of aromatic nitrogens is 2. The number of rotatable bonds is 5. The standard InChI is InChI=1S/C17H19N5O2/c1-11-8-14(23)21-16(20-11)17(2,3)22-15(24)10-19-13-6-4-12(9-18)5-7-13/h4-8,19H,10H2,1-3H3,(H,22,24)(H,20,21,23). The highest BCUT2D eigenvalue weighted by Crippen LogP contribution is 2.14. The van der Waals surface area contributed by atoms with Gasteiger partial charge in [0.05, 0.1) is 23.7 Å². The van der Waals surface area contributed by atoms with Crippen LogP contribution in [0.4, 0.5) is 5.69 Å². The molecule has 7 nitrogen and oxygen atoms in total. The van der Waals surface area contributed by atoms with E-state index < -0.39 is 5.54 Å². The summed E-state index contributed by atoms with van der Waals surface area (Å²) in [5, 5.41) is 14.6. The van der Waals surface area contributed by atoms with Gasteiger partial charge < -0.3 is 15.6 Å². The number of nitrogens with one attached hydrogen (secondary N) is 3. The van der Waals surface area contributed by atoms with Crippen LogP contribution in [0.25, 0.3) is 0 Å². The summed E-state index contributed by atoms with van der Waals surface area (Å²) in [6, 6.07) is 10.2. The van der Waals surface area contributed by atoms with Gasteiger partial charge in [-0.3, -0.25) is 9.59 Å². The van der Waals surface area contributed by atoms with Crippen molar-refractivity contribution >= 4 is 11.6 Å². The van der Waals surface area contributed by atoms with Crippen LogP contribution in [0.5, 0.6) is 0 Å². The normalized spacial score (nSPS) is 10.8. The third-order valence-electron chi connectivity index (χ3n) is 3.38. The Kier molecular flexibility index (Phi) is 4.99. The second kappa shape index (κ2) is 6.96. The summed E-state index contributed by atoms with van der Waals surface area (Å²) in [6.45, 7) is 5.32. The number of anilines is 1. The van der Waals surface area contributed by atoms with Gasteiger partial charge in [-0.15, -0.1) is 0 Å². The Bertz CT molecular complexity index is 831. The first-order valence-corrected chi connectivity index (χ1v) is 7.43. The van der Waals surface area contributed by atoms with E-state index in [0.29, 0.717) is 17.1 Å². The third-order valence-corrected chi connectivity index (χ3v) is 3.38. The second-order valence-electron chi connectivity index (χ2n) is 5.95. The number of benzene rings is 1. The Morgan fingerprint density at radius 3 is 2.58 bits per heavy atom. The van der Waals surface area contributed by atoms with Gasteiger partial charge >= 0.3 is 0 Å². The largest absolute Gasteiger partial charge is 0.376 e. The van der Waals surface area contributed by atoms with E-state index in [1.807, 2.05) is 6.07 Å². The number of nitrogens with zero attached hydrogens (tertiary/aromatic N) is 2. The van der Waals surface area contributed by atoms with E-state index in [9.17, 15) is 9.59 Å². The summed E-state index contributed by atoms with van der Waals surface area (Å²) in [5.74, 6) is 0.160. The molecule has 3 N–H and O–H groups in total. The van der Waals surface area contributed by atoms with Gasteiger partial charge in [-0.25, -0.2) is 4.98 Å². The highest BCUT2D eigenvalue weighted by molar-refractivity contribution is 5.81. The number of aryl methyl sites for hydroxylation is 1. The molecular weight excluding hydrogens is 306 g/mol. The van der Waals surface area contributed by atoms with Crippen molar-refractivity contribution < 1.29 is 4.79 Å². The Hall–Kier alpha value is -3.14. The molecule has 0 aliphatic carbocycles. The zero-order chi connectivity index (χ0) is 17.7. The van der Waals surface area contributed by atoms with Crippen LogP contribution in [-0.2, 0) is 10.3 Å². The van der Waals surface area contributed by atoms with Crippen molar-refractivity contribution in [2.45, 2.75) is 26.3 Å². The molecule has 0 aliphatic rings. The fourth-order valence-corrected chi connectivity index (χ4v) is 2.17. The van der Waals surface area contributed by atoms with Gasteiger partial charge in [0.2, 0.25) is 5.91 Å². The maximum Gasteiger partial charge on any atom is 0.251 e. The average molecular weight is 325 g/mol. The average Bonchev–Trinajstić information content (AvgIpc) is 2.52. The van der Waals surface area contributed by atoms with E-state index in [1.165, 1.54) is 6.07 Å². The zero-order valence-electron chi connectivity index (χ0n) is 13.8. The van der Waals surface area contributed by atoms with Crippen LogP contribution in [0, 0.1) is 18.3 Å². The number of carbonyl (C=O) groups is 1. The lowest BCUT2D eigenvalue weighted by Crippen LogP contribution is -2.45. The predicted octanol–water partition coefficient (Wildman–Crippen LogP) is 1.41. The first-order chi connectivity index (χ1) is 11.3. The molecule has 0 aliphatic heterocycles. The van der Waals surface area contributed by atoms with E-state index in [4.69, 9.17) is 5.26 Å². The topological polar surface area (TPSA) is 111 Å². The van der Waals surface area contributed by atoms with Crippen LogP contribution < -0.4 is 16.2 Å². The molecule has 24 heavy (non-hydrogen) atoms. The molecule has 124 valence electrons. The van der Waals surface area contributed by atoms with E-state index in [0.717, 1.165) is 5.69 Å². The summed E-state index contributed by atoms with van der Waals surface area (Å²) < 4.78 is 0. The van der Waals surface area contributed by atoms with Crippen molar-refractivity contribution in [2.24, 2.45) is 0 Å². The van der Waals surface area contributed by atoms with Crippen LogP contribution in [0.2, 0.25) is 0 Å². The minimum absolute atomic E-state index is 0.0609. The number of hydrogen-bond donors (Lipinski definition) is 3. The van der Waals surface area contributed by atoms with Crippen molar-refractivity contribution in [2.75, 3.05) is 11.9 Å². The predicted molar refractivity (Wildman–Crippen MR) is 90.4 cm³/mol. The smallest absolute Gasteiger partial charge is 0.251 e. The summed E-state index contributed by atoms with van der Waals surface area (Å²) in [7, 11) is 0. The molecule has 0 atom stereocenters. The number of aromatic amines is 1. The van der Waals surface area contributed by atoms with Crippen molar-refractivity contribution in [1.29, 1.82) is 5.26 Å². The lowest BCUT2D eigenvalue weighted by molar-refractivity contribution is -0.121. The molecule has 0 saturated carbocycles. The minimum atomic E-state index is -0.811. The van der Waals surface area contributed by atoms with Gasteiger partial charge in [-0.2, -0.15) is 5.26 Å². The van der Waals surface area contributed by atoms with Crippen molar-refractivity contribution in [3.05, 3.63) is 57.8 Å². The minimum Gasteiger partial charge on any atom is -0.376 e. The Balaban J connectivity index is 1.99. The molecule has 2 aromatic rings. The van der Waals surface area contributed by atoms with E-state index >= 15 is 0 Å². The highest BCUT2D eigenvalue weighted by atomic mass is 16.2. The van der Waals surface area contributed by atoms with Gasteiger partial charge in [-0.05, 0) is 45.0 Å². The lowest BCUT2D eigenvalue weighted by Gasteiger charge is -2.25. The first kappa shape index (κ1) is 17.2.